The van der Waals surface area contributed by atoms with Crippen LogP contribution in [0.25, 0.3) is 0 Å². The number of carbonyl (C=O) groups excluding carboxylic acids is 1. The van der Waals surface area contributed by atoms with Crippen molar-refractivity contribution in [3.8, 4) is 0 Å². The molecule has 3 fully saturated rings. The molecule has 25 heavy (non-hydrogen) atoms. The maximum Gasteiger partial charge on any atom is 0.223 e. The van der Waals surface area contributed by atoms with Crippen LogP contribution in [-0.4, -0.2) is 24.2 Å². The fourth-order valence-electron chi connectivity index (χ4n) is 4.64. The van der Waals surface area contributed by atoms with Gasteiger partial charge >= 0.3 is 0 Å². The van der Waals surface area contributed by atoms with Crippen molar-refractivity contribution in [1.82, 2.24) is 5.32 Å². The summed E-state index contributed by atoms with van der Waals surface area (Å²) in [5, 5.41) is 3.15. The minimum absolute atomic E-state index is 0.0217. The molecule has 3 aliphatic rings. The predicted octanol–water partition coefficient (Wildman–Crippen LogP) is 4.07. The SMILES string of the molecule is O=C(N[C@@H]1CCOC2(CCCCC2)C1)[C@@H]1C[C@@H]1c1cccc(F)c1F. The van der Waals surface area contributed by atoms with Gasteiger partial charge in [-0.25, -0.2) is 8.78 Å². The molecule has 0 radical (unpaired) electrons. The highest BCUT2D eigenvalue weighted by Gasteiger charge is 2.47. The molecule has 1 amide bonds. The van der Waals surface area contributed by atoms with Gasteiger partial charge < -0.3 is 10.1 Å². The van der Waals surface area contributed by atoms with Crippen molar-refractivity contribution in [2.45, 2.75) is 68.9 Å². The Kier molecular flexibility index (Phi) is 4.52. The number of carbonyl (C=O) groups is 1. The number of rotatable bonds is 3. The van der Waals surface area contributed by atoms with Gasteiger partial charge in [-0.1, -0.05) is 31.4 Å². The van der Waals surface area contributed by atoms with Gasteiger partial charge in [-0.15, -0.1) is 0 Å². The maximum absolute atomic E-state index is 13.9. The third-order valence-electron chi connectivity index (χ3n) is 6.11. The molecule has 0 bridgehead atoms. The highest BCUT2D eigenvalue weighted by molar-refractivity contribution is 5.83. The quantitative estimate of drug-likeness (QED) is 0.893. The summed E-state index contributed by atoms with van der Waals surface area (Å²) in [6.45, 7) is 0.692. The van der Waals surface area contributed by atoms with Crippen molar-refractivity contribution >= 4 is 5.91 Å². The topological polar surface area (TPSA) is 38.3 Å². The Morgan fingerprint density at radius 3 is 2.80 bits per heavy atom. The molecule has 0 aromatic heterocycles. The Morgan fingerprint density at radius 1 is 1.20 bits per heavy atom. The first-order valence-electron chi connectivity index (χ1n) is 9.46. The van der Waals surface area contributed by atoms with Gasteiger partial charge in [-0.05, 0) is 49.7 Å². The Labute approximate surface area is 147 Å². The summed E-state index contributed by atoms with van der Waals surface area (Å²) in [6, 6.07) is 4.34. The van der Waals surface area contributed by atoms with Crippen molar-refractivity contribution in [2.24, 2.45) is 5.92 Å². The maximum atomic E-state index is 13.9. The van der Waals surface area contributed by atoms with Crippen molar-refractivity contribution in [1.29, 1.82) is 0 Å². The second-order valence-corrected chi connectivity index (χ2v) is 7.88. The lowest BCUT2D eigenvalue weighted by Crippen LogP contribution is -2.49. The Morgan fingerprint density at radius 2 is 2.00 bits per heavy atom. The van der Waals surface area contributed by atoms with E-state index in [-0.39, 0.29) is 29.4 Å². The summed E-state index contributed by atoms with van der Waals surface area (Å²) >= 11 is 0. The van der Waals surface area contributed by atoms with E-state index in [2.05, 4.69) is 5.32 Å². The molecule has 2 saturated carbocycles. The Hall–Kier alpha value is -1.49. The van der Waals surface area contributed by atoms with E-state index in [9.17, 15) is 13.6 Å². The van der Waals surface area contributed by atoms with E-state index in [0.29, 0.717) is 18.6 Å². The van der Waals surface area contributed by atoms with Gasteiger partial charge in [0.15, 0.2) is 11.6 Å². The molecule has 136 valence electrons. The van der Waals surface area contributed by atoms with Crippen LogP contribution in [0.2, 0.25) is 0 Å². The van der Waals surface area contributed by atoms with Crippen LogP contribution in [0.3, 0.4) is 0 Å². The molecule has 3 atom stereocenters. The third-order valence-corrected chi connectivity index (χ3v) is 6.11. The molecular formula is C20H25F2NO2. The summed E-state index contributed by atoms with van der Waals surface area (Å²) in [5.41, 5.74) is 0.280. The number of hydrogen-bond acceptors (Lipinski definition) is 2. The number of halogens is 2. The fourth-order valence-corrected chi connectivity index (χ4v) is 4.64. The van der Waals surface area contributed by atoms with Crippen molar-refractivity contribution in [3.63, 3.8) is 0 Å². The molecule has 1 aliphatic heterocycles. The summed E-state index contributed by atoms with van der Waals surface area (Å²) in [4.78, 5) is 12.6. The first-order valence-corrected chi connectivity index (χ1v) is 9.46. The summed E-state index contributed by atoms with van der Waals surface area (Å²) in [7, 11) is 0. The van der Waals surface area contributed by atoms with Gasteiger partial charge in [-0.2, -0.15) is 0 Å². The van der Waals surface area contributed by atoms with Crippen LogP contribution in [0.5, 0.6) is 0 Å². The molecule has 2 aliphatic carbocycles. The minimum atomic E-state index is -0.841. The predicted molar refractivity (Wildman–Crippen MR) is 90.1 cm³/mol. The van der Waals surface area contributed by atoms with Gasteiger partial charge in [0, 0.05) is 18.6 Å². The monoisotopic (exact) mass is 349 g/mol. The normalized spacial score (nSPS) is 30.9. The molecule has 1 saturated heterocycles. The van der Waals surface area contributed by atoms with Crippen molar-refractivity contribution < 1.29 is 18.3 Å². The second kappa shape index (κ2) is 6.67. The van der Waals surface area contributed by atoms with Crippen molar-refractivity contribution in [2.75, 3.05) is 6.61 Å². The molecule has 4 rings (SSSR count). The smallest absolute Gasteiger partial charge is 0.223 e. The van der Waals surface area contributed by atoms with Crippen LogP contribution in [0.1, 0.15) is 62.8 Å². The van der Waals surface area contributed by atoms with E-state index in [1.54, 1.807) is 6.07 Å². The van der Waals surface area contributed by atoms with Gasteiger partial charge in [0.05, 0.1) is 5.60 Å². The molecular weight excluding hydrogens is 324 g/mol. The highest BCUT2D eigenvalue weighted by atomic mass is 19.2. The number of benzene rings is 1. The zero-order valence-electron chi connectivity index (χ0n) is 14.4. The van der Waals surface area contributed by atoms with Gasteiger partial charge in [0.1, 0.15) is 0 Å². The average molecular weight is 349 g/mol. The van der Waals surface area contributed by atoms with Crippen LogP contribution in [-0.2, 0) is 9.53 Å². The lowest BCUT2D eigenvalue weighted by atomic mass is 9.78. The summed E-state index contributed by atoms with van der Waals surface area (Å²) in [5.74, 6) is -2.10. The average Bonchev–Trinajstić information content (AvgIpc) is 3.39. The summed E-state index contributed by atoms with van der Waals surface area (Å²) in [6.07, 6.45) is 8.14. The van der Waals surface area contributed by atoms with Gasteiger partial charge in [-0.3, -0.25) is 4.79 Å². The lowest BCUT2D eigenvalue weighted by molar-refractivity contribution is -0.129. The second-order valence-electron chi connectivity index (χ2n) is 7.88. The zero-order chi connectivity index (χ0) is 17.4. The van der Waals surface area contributed by atoms with Gasteiger partial charge in [0.2, 0.25) is 5.91 Å². The number of ether oxygens (including phenoxy) is 1. The summed E-state index contributed by atoms with van der Waals surface area (Å²) < 4.78 is 33.4. The van der Waals surface area contributed by atoms with Crippen molar-refractivity contribution in [3.05, 3.63) is 35.4 Å². The molecule has 3 nitrogen and oxygen atoms in total. The molecule has 1 heterocycles. The number of nitrogens with one attached hydrogen (secondary N) is 1. The molecule has 5 heteroatoms. The first-order chi connectivity index (χ1) is 12.1. The van der Waals surface area contributed by atoms with E-state index < -0.39 is 11.6 Å². The van der Waals surface area contributed by atoms with E-state index in [0.717, 1.165) is 31.7 Å². The lowest BCUT2D eigenvalue weighted by Gasteiger charge is -2.43. The molecule has 1 spiro atoms. The van der Waals surface area contributed by atoms with E-state index in [1.165, 1.54) is 25.3 Å². The van der Waals surface area contributed by atoms with Crippen LogP contribution >= 0.6 is 0 Å². The van der Waals surface area contributed by atoms with Crippen LogP contribution in [0.4, 0.5) is 8.78 Å². The van der Waals surface area contributed by atoms with Crippen LogP contribution in [0.15, 0.2) is 18.2 Å². The molecule has 0 unspecified atom stereocenters. The van der Waals surface area contributed by atoms with E-state index in [4.69, 9.17) is 4.74 Å². The largest absolute Gasteiger partial charge is 0.375 e. The van der Waals surface area contributed by atoms with E-state index >= 15 is 0 Å². The fraction of sp³-hybridized carbons (Fsp3) is 0.650. The molecule has 1 N–H and O–H groups in total. The standard InChI is InChI=1S/C20H25F2NO2/c21-17-6-4-5-14(18(17)22)15-11-16(15)19(24)23-13-7-10-25-20(12-13)8-2-1-3-9-20/h4-6,13,15-16H,1-3,7-12H2,(H,23,24)/t13-,15-,16-/m1/s1. The third kappa shape index (κ3) is 3.43. The van der Waals surface area contributed by atoms with E-state index in [1.807, 2.05) is 0 Å². The molecule has 1 aromatic rings. The Bertz CT molecular complexity index is 652. The van der Waals surface area contributed by atoms with Gasteiger partial charge in [0.25, 0.3) is 0 Å². The minimum Gasteiger partial charge on any atom is -0.375 e. The van der Waals surface area contributed by atoms with Crippen LogP contribution < -0.4 is 5.32 Å². The zero-order valence-corrected chi connectivity index (χ0v) is 14.4. The molecule has 1 aromatic carbocycles. The number of amides is 1. The Balaban J connectivity index is 1.36. The first kappa shape index (κ1) is 17.0. The van der Waals surface area contributed by atoms with Crippen LogP contribution in [0, 0.1) is 17.6 Å². The number of hydrogen-bond donors (Lipinski definition) is 1. The highest BCUT2D eigenvalue weighted by Crippen LogP contribution is 2.49.